The number of rotatable bonds is 11. The summed E-state index contributed by atoms with van der Waals surface area (Å²) in [5.74, 6) is -2.00. The average molecular weight is 677 g/mol. The van der Waals surface area contributed by atoms with E-state index in [1.165, 1.54) is 31.4 Å². The number of benzene rings is 2. The summed E-state index contributed by atoms with van der Waals surface area (Å²) in [7, 11) is -2.21. The lowest BCUT2D eigenvalue weighted by Gasteiger charge is -2.38. The molecule has 1 aliphatic carbocycles. The van der Waals surface area contributed by atoms with E-state index >= 15 is 4.39 Å². The number of ether oxygens (including phenoxy) is 2. The maximum atomic E-state index is 15.4. The molecular formula is C34H46F2N4O6S. The van der Waals surface area contributed by atoms with Crippen molar-refractivity contribution in [2.24, 2.45) is 5.92 Å². The van der Waals surface area contributed by atoms with Crippen LogP contribution in [0.1, 0.15) is 68.9 Å². The number of amides is 2. The van der Waals surface area contributed by atoms with Gasteiger partial charge in [-0.3, -0.25) is 4.79 Å². The molecule has 10 nitrogen and oxygen atoms in total. The second kappa shape index (κ2) is 15.8. The molecule has 2 aromatic carbocycles. The number of hydrogen-bond acceptors (Lipinski definition) is 7. The number of carbonyl (C=O) groups excluding carboxylic acids is 2. The molecule has 3 N–H and O–H groups in total. The number of sulfonamides is 1. The molecule has 0 radical (unpaired) electrons. The Hall–Kier alpha value is -3.13. The third-order valence-corrected chi connectivity index (χ3v) is 11.8. The van der Waals surface area contributed by atoms with Crippen molar-refractivity contribution in [3.05, 3.63) is 65.2 Å². The van der Waals surface area contributed by atoms with Crippen LogP contribution in [0.4, 0.5) is 19.3 Å². The van der Waals surface area contributed by atoms with E-state index in [1.807, 2.05) is 6.92 Å². The zero-order valence-corrected chi connectivity index (χ0v) is 27.9. The summed E-state index contributed by atoms with van der Waals surface area (Å²) < 4.78 is 67.7. The number of halogens is 2. The maximum Gasteiger partial charge on any atom is 0.407 e. The van der Waals surface area contributed by atoms with Crippen molar-refractivity contribution in [2.45, 2.75) is 88.4 Å². The minimum Gasteiger partial charge on any atom is -0.453 e. The number of piperazine rings is 1. The van der Waals surface area contributed by atoms with E-state index < -0.39 is 45.6 Å². The minimum absolute atomic E-state index is 0.0461. The zero-order chi connectivity index (χ0) is 33.6. The molecular weight excluding hydrogens is 630 g/mol. The quantitative estimate of drug-likeness (QED) is 0.315. The van der Waals surface area contributed by atoms with Crippen LogP contribution in [-0.4, -0.2) is 81.5 Å². The fourth-order valence-corrected chi connectivity index (χ4v) is 9.28. The highest BCUT2D eigenvalue weighted by Gasteiger charge is 2.40. The molecule has 2 unspecified atom stereocenters. The summed E-state index contributed by atoms with van der Waals surface area (Å²) in [6, 6.07) is 8.96. The summed E-state index contributed by atoms with van der Waals surface area (Å²) in [5, 5.41) is 9.02. The van der Waals surface area contributed by atoms with Crippen molar-refractivity contribution in [3.63, 3.8) is 0 Å². The summed E-state index contributed by atoms with van der Waals surface area (Å²) in [4.78, 5) is 26.8. The standard InChI is InChI=1S/C34H46F2N4O6S/c1-3-46-27-16-11-23(12-17-27)31(22-9-13-24(35)14-10-22)32(39-34(42)45-2)33(41)38-30-8-4-7-29(36)28(30)18-15-26-20-37-25-6-5-19-47(43,44)40(26)21-25/h4,7-10,13-14,23,25-27,31-32,37H,3,5-6,11-12,15-21H2,1-2H3,(H,38,41)(H,39,42)/t23-,25-,26?,27-,31+,32+/m1/s1. The van der Waals surface area contributed by atoms with E-state index in [1.54, 1.807) is 22.5 Å². The minimum atomic E-state index is -3.42. The SMILES string of the molecule is CCO[C@H]1CC[C@H]([C@H](c2ccc(F)cc2)[C@H](NC(=O)OC)C(=O)Nc2cccc(F)c2CCC2CN[C@@H]3CCCS(=O)(=O)N2C3)CC1. The van der Waals surface area contributed by atoms with Crippen molar-refractivity contribution < 1.29 is 36.3 Å². The van der Waals surface area contributed by atoms with Crippen molar-refractivity contribution >= 4 is 27.7 Å². The molecule has 2 heterocycles. The molecule has 5 atom stereocenters. The maximum absolute atomic E-state index is 15.4. The second-order valence-corrected chi connectivity index (χ2v) is 14.8. The fourth-order valence-electron chi connectivity index (χ4n) is 7.47. The molecule has 1 saturated carbocycles. The van der Waals surface area contributed by atoms with Gasteiger partial charge in [-0.2, -0.15) is 4.31 Å². The Morgan fingerprint density at radius 1 is 1.06 bits per heavy atom. The molecule has 3 aliphatic rings. The van der Waals surface area contributed by atoms with Gasteiger partial charge in [0.15, 0.2) is 0 Å². The van der Waals surface area contributed by atoms with Gasteiger partial charge in [0.2, 0.25) is 15.9 Å². The van der Waals surface area contributed by atoms with Gasteiger partial charge in [-0.1, -0.05) is 18.2 Å². The summed E-state index contributed by atoms with van der Waals surface area (Å²) in [5.41, 5.74) is 1.18. The van der Waals surface area contributed by atoms with Crippen LogP contribution < -0.4 is 16.0 Å². The summed E-state index contributed by atoms with van der Waals surface area (Å²) in [6.45, 7) is 3.42. The average Bonchev–Trinajstić information content (AvgIpc) is 3.17. The van der Waals surface area contributed by atoms with Gasteiger partial charge in [0.1, 0.15) is 17.7 Å². The molecule has 5 rings (SSSR count). The number of anilines is 1. The van der Waals surface area contributed by atoms with Crippen LogP contribution >= 0.6 is 0 Å². The molecule has 2 aromatic rings. The predicted molar refractivity (Wildman–Crippen MR) is 174 cm³/mol. The second-order valence-electron chi connectivity index (χ2n) is 12.8. The Morgan fingerprint density at radius 2 is 1.81 bits per heavy atom. The van der Waals surface area contributed by atoms with Gasteiger partial charge in [0.05, 0.1) is 19.0 Å². The van der Waals surface area contributed by atoms with E-state index in [4.69, 9.17) is 9.47 Å². The highest BCUT2D eigenvalue weighted by molar-refractivity contribution is 7.89. The van der Waals surface area contributed by atoms with E-state index in [-0.39, 0.29) is 47.5 Å². The van der Waals surface area contributed by atoms with E-state index in [9.17, 15) is 22.4 Å². The van der Waals surface area contributed by atoms with Gasteiger partial charge < -0.3 is 25.4 Å². The Labute approximate surface area is 276 Å². The third-order valence-electron chi connectivity index (χ3n) is 9.85. The van der Waals surface area contributed by atoms with Crippen LogP contribution in [0.3, 0.4) is 0 Å². The summed E-state index contributed by atoms with van der Waals surface area (Å²) >= 11 is 0. The normalized spacial score (nSPS) is 26.8. The lowest BCUT2D eigenvalue weighted by atomic mass is 9.72. The predicted octanol–water partition coefficient (Wildman–Crippen LogP) is 4.71. The first-order valence-corrected chi connectivity index (χ1v) is 18.2. The fraction of sp³-hybridized carbons (Fsp3) is 0.588. The molecule has 2 aliphatic heterocycles. The van der Waals surface area contributed by atoms with Crippen molar-refractivity contribution in [2.75, 3.05) is 37.9 Å². The first kappa shape index (κ1) is 35.2. The van der Waals surface area contributed by atoms with Gasteiger partial charge in [0, 0.05) is 48.9 Å². The number of hydrogen-bond donors (Lipinski definition) is 3. The lowest BCUT2D eigenvalue weighted by molar-refractivity contribution is -0.119. The number of carbonyl (C=O) groups is 2. The molecule has 2 saturated heterocycles. The van der Waals surface area contributed by atoms with Gasteiger partial charge in [-0.15, -0.1) is 0 Å². The largest absolute Gasteiger partial charge is 0.453 e. The number of alkyl carbamates (subject to hydrolysis) is 1. The van der Waals surface area contributed by atoms with E-state index in [2.05, 4.69) is 16.0 Å². The van der Waals surface area contributed by atoms with Gasteiger partial charge in [-0.25, -0.2) is 22.0 Å². The highest BCUT2D eigenvalue weighted by Crippen LogP contribution is 2.40. The molecule has 3 fully saturated rings. The number of nitrogens with one attached hydrogen (secondary N) is 3. The summed E-state index contributed by atoms with van der Waals surface area (Å²) in [6.07, 6.45) is 4.23. The number of methoxy groups -OCH3 is 1. The van der Waals surface area contributed by atoms with Crippen LogP contribution in [0.25, 0.3) is 0 Å². The smallest absolute Gasteiger partial charge is 0.407 e. The van der Waals surface area contributed by atoms with Crippen LogP contribution in [0.5, 0.6) is 0 Å². The Bertz CT molecular complexity index is 1490. The molecule has 13 heteroatoms. The molecule has 2 bridgehead atoms. The molecule has 47 heavy (non-hydrogen) atoms. The van der Waals surface area contributed by atoms with Gasteiger partial charge in [-0.05, 0) is 94.0 Å². The van der Waals surface area contributed by atoms with Crippen LogP contribution in [0.2, 0.25) is 0 Å². The molecule has 2 amide bonds. The monoisotopic (exact) mass is 676 g/mol. The zero-order valence-electron chi connectivity index (χ0n) is 27.1. The van der Waals surface area contributed by atoms with Crippen LogP contribution in [0.15, 0.2) is 42.5 Å². The Balaban J connectivity index is 1.40. The van der Waals surface area contributed by atoms with E-state index in [0.717, 1.165) is 32.1 Å². The number of nitrogens with zero attached hydrogens (tertiary/aromatic N) is 1. The first-order valence-electron chi connectivity index (χ1n) is 16.6. The van der Waals surface area contributed by atoms with Gasteiger partial charge in [0.25, 0.3) is 0 Å². The molecule has 0 spiro atoms. The molecule has 258 valence electrons. The Kier molecular flexibility index (Phi) is 11.9. The van der Waals surface area contributed by atoms with Crippen LogP contribution in [0, 0.1) is 17.6 Å². The van der Waals surface area contributed by atoms with Crippen LogP contribution in [-0.2, 0) is 30.7 Å². The number of fused-ring (bicyclic) bond motifs is 2. The van der Waals surface area contributed by atoms with Crippen molar-refractivity contribution in [3.8, 4) is 0 Å². The van der Waals surface area contributed by atoms with Crippen molar-refractivity contribution in [1.29, 1.82) is 0 Å². The third kappa shape index (κ3) is 8.67. The van der Waals surface area contributed by atoms with Gasteiger partial charge >= 0.3 is 6.09 Å². The lowest BCUT2D eigenvalue weighted by Crippen LogP contribution is -2.57. The first-order chi connectivity index (χ1) is 22.6. The highest BCUT2D eigenvalue weighted by atomic mass is 32.2. The topological polar surface area (TPSA) is 126 Å². The van der Waals surface area contributed by atoms with E-state index in [0.29, 0.717) is 38.1 Å². The Morgan fingerprint density at radius 3 is 2.51 bits per heavy atom. The molecule has 0 aromatic heterocycles. The van der Waals surface area contributed by atoms with Crippen molar-refractivity contribution in [1.82, 2.24) is 14.9 Å².